The van der Waals surface area contributed by atoms with Crippen molar-refractivity contribution in [3.63, 3.8) is 0 Å². The number of aromatic nitrogens is 1. The Hall–Kier alpha value is -9.07. The van der Waals surface area contributed by atoms with Crippen molar-refractivity contribution < 1.29 is 19.2 Å². The second-order valence-corrected chi connectivity index (χ2v) is 21.4. The molecule has 0 aliphatic carbocycles. The van der Waals surface area contributed by atoms with E-state index < -0.39 is 0 Å². The summed E-state index contributed by atoms with van der Waals surface area (Å²) in [6.45, 7) is 12.2. The zero-order valence-corrected chi connectivity index (χ0v) is 44.1. The molecule has 0 unspecified atom stereocenters. The third-order valence-corrected chi connectivity index (χ3v) is 16.5. The number of nitrogens with zero attached hydrogens (tertiary/aromatic N) is 3. The Morgan fingerprint density at radius 3 is 1.39 bits per heavy atom. The standard InChI is InChI=1S/C70H55N3O4/c1-39-14-12-15-40(2)65(39)72-67(74)55-29-25-51-53-27-31-57-64-58(32-28-54(62(53)64)52-26-30-56(68(72)75)63(55)61(51)52)70(77)73(69(57)76)66-43(5)35-50(36-44(66)6)46-23-21-45(22-24-46)16-8-7-9-17-47-34-42(4)59(37-41(47)3)48-18-13-19-49(38-48)60-20-10-11-33-71-60/h10-15,18-38H,7-9,16-17H2,1-6H3. The summed E-state index contributed by atoms with van der Waals surface area (Å²) in [5.41, 5.74) is 18.5. The molecule has 0 saturated carbocycles. The van der Waals surface area contributed by atoms with Crippen LogP contribution in [-0.4, -0.2) is 28.6 Å². The normalized spacial score (nSPS) is 13.4. The first-order valence-corrected chi connectivity index (χ1v) is 26.7. The van der Waals surface area contributed by atoms with Crippen molar-refractivity contribution in [3.8, 4) is 33.5 Å². The second kappa shape index (κ2) is 18.3. The fraction of sp³-hybridized carbons (Fsp3) is 0.157. The van der Waals surface area contributed by atoms with E-state index in [0.29, 0.717) is 44.4 Å². The molecular weight excluding hydrogens is 947 g/mol. The smallest absolute Gasteiger partial charge is 0.266 e. The van der Waals surface area contributed by atoms with Gasteiger partial charge in [0.25, 0.3) is 23.6 Å². The molecule has 77 heavy (non-hydrogen) atoms. The van der Waals surface area contributed by atoms with Crippen molar-refractivity contribution in [1.29, 1.82) is 0 Å². The number of aryl methyl sites for hydroxylation is 8. The minimum atomic E-state index is -0.365. The lowest BCUT2D eigenvalue weighted by atomic mass is 9.82. The molecule has 13 rings (SSSR count). The molecule has 2 aliphatic rings. The number of carbonyl (C=O) groups excluding carboxylic acids is 4. The van der Waals surface area contributed by atoms with E-state index in [1.54, 1.807) is 0 Å². The summed E-state index contributed by atoms with van der Waals surface area (Å²) in [4.78, 5) is 65.7. The summed E-state index contributed by atoms with van der Waals surface area (Å²) in [6, 6.07) is 53.3. The Bertz CT molecular complexity index is 4180. The number of unbranched alkanes of at least 4 members (excludes halogenated alkanes) is 2. The van der Waals surface area contributed by atoms with Gasteiger partial charge in [0.2, 0.25) is 0 Å². The van der Waals surface area contributed by atoms with Gasteiger partial charge in [-0.15, -0.1) is 0 Å². The van der Waals surface area contributed by atoms with Crippen LogP contribution in [-0.2, 0) is 12.8 Å². The molecule has 0 saturated heterocycles. The van der Waals surface area contributed by atoms with Gasteiger partial charge in [-0.05, 0) is 221 Å². The van der Waals surface area contributed by atoms with Crippen molar-refractivity contribution in [1.82, 2.24) is 4.98 Å². The van der Waals surface area contributed by atoms with E-state index in [9.17, 15) is 19.2 Å². The van der Waals surface area contributed by atoms with Crippen LogP contribution < -0.4 is 9.80 Å². The quantitative estimate of drug-likeness (QED) is 0.0557. The zero-order chi connectivity index (χ0) is 53.0. The molecule has 0 fully saturated rings. The number of hydrogen-bond donors (Lipinski definition) is 0. The summed E-state index contributed by atoms with van der Waals surface area (Å²) in [7, 11) is 0. The third-order valence-electron chi connectivity index (χ3n) is 16.5. The molecule has 1 aromatic heterocycles. The van der Waals surface area contributed by atoms with Gasteiger partial charge in [0, 0.05) is 44.8 Å². The lowest BCUT2D eigenvalue weighted by molar-refractivity contribution is 0.0877. The molecule has 7 nitrogen and oxygen atoms in total. The maximum atomic E-state index is 14.8. The van der Waals surface area contributed by atoms with Gasteiger partial charge in [-0.2, -0.15) is 0 Å². The Morgan fingerprint density at radius 1 is 0.351 bits per heavy atom. The Morgan fingerprint density at radius 2 is 0.857 bits per heavy atom. The fourth-order valence-corrected chi connectivity index (χ4v) is 12.8. The van der Waals surface area contributed by atoms with Crippen molar-refractivity contribution >= 4 is 78.1 Å². The zero-order valence-electron chi connectivity index (χ0n) is 44.1. The molecule has 7 heteroatoms. The van der Waals surface area contributed by atoms with Gasteiger partial charge in [0.15, 0.2) is 0 Å². The molecule has 374 valence electrons. The number of hydrogen-bond acceptors (Lipinski definition) is 5. The largest absolute Gasteiger partial charge is 0.268 e. The first-order valence-electron chi connectivity index (χ1n) is 26.7. The van der Waals surface area contributed by atoms with E-state index in [-0.39, 0.29) is 23.6 Å². The molecule has 10 aromatic carbocycles. The van der Waals surface area contributed by atoms with Crippen LogP contribution in [0, 0.1) is 41.5 Å². The molecule has 3 heterocycles. The molecule has 0 spiro atoms. The van der Waals surface area contributed by atoms with Gasteiger partial charge >= 0.3 is 0 Å². The molecule has 2 aliphatic heterocycles. The highest BCUT2D eigenvalue weighted by atomic mass is 16.2. The van der Waals surface area contributed by atoms with Crippen LogP contribution in [0.5, 0.6) is 0 Å². The topological polar surface area (TPSA) is 87.7 Å². The van der Waals surface area contributed by atoms with Crippen LogP contribution in [0.25, 0.3) is 76.6 Å². The summed E-state index contributed by atoms with van der Waals surface area (Å²) in [6.07, 6.45) is 7.31. The average Bonchev–Trinajstić information content (AvgIpc) is 3.59. The van der Waals surface area contributed by atoms with Gasteiger partial charge < -0.3 is 0 Å². The predicted octanol–water partition coefficient (Wildman–Crippen LogP) is 16.5. The van der Waals surface area contributed by atoms with Gasteiger partial charge in [-0.1, -0.05) is 110 Å². The number of carbonyl (C=O) groups is 4. The first kappa shape index (κ1) is 47.6. The number of pyridine rings is 1. The number of benzene rings is 10. The van der Waals surface area contributed by atoms with Gasteiger partial charge in [0.05, 0.1) is 17.1 Å². The highest BCUT2D eigenvalue weighted by molar-refractivity contribution is 6.45. The van der Waals surface area contributed by atoms with E-state index in [0.717, 1.165) is 109 Å². The summed E-state index contributed by atoms with van der Waals surface area (Å²) >= 11 is 0. The highest BCUT2D eigenvalue weighted by Gasteiger charge is 2.39. The molecular formula is C70H55N3O4. The Kier molecular flexibility index (Phi) is 11.3. The SMILES string of the molecule is Cc1cc(-c2cccc(-c3ccccn3)c2)c(C)cc1CCCCCc1ccc(-c2cc(C)c(N3C(=O)c4ccc5c6ccc7c8c(ccc(c9ccc(c4c59)C3=O)c86)C(=O)N(c3c(C)cccc3C)C7=O)c(C)c2)cc1. The summed E-state index contributed by atoms with van der Waals surface area (Å²) in [5, 5.41) is 6.33. The number of amides is 4. The maximum Gasteiger partial charge on any atom is 0.266 e. The van der Waals surface area contributed by atoms with E-state index in [1.165, 1.54) is 43.2 Å². The van der Waals surface area contributed by atoms with Crippen LogP contribution >= 0.6 is 0 Å². The van der Waals surface area contributed by atoms with Crippen LogP contribution in [0.15, 0.2) is 164 Å². The van der Waals surface area contributed by atoms with Crippen molar-refractivity contribution in [2.75, 3.05) is 9.80 Å². The van der Waals surface area contributed by atoms with Crippen molar-refractivity contribution in [2.45, 2.75) is 73.6 Å². The summed E-state index contributed by atoms with van der Waals surface area (Å²) in [5.74, 6) is -1.44. The van der Waals surface area contributed by atoms with Crippen LogP contribution in [0.2, 0.25) is 0 Å². The number of anilines is 2. The molecule has 0 bridgehead atoms. The van der Waals surface area contributed by atoms with E-state index in [4.69, 9.17) is 0 Å². The van der Waals surface area contributed by atoms with Crippen molar-refractivity contribution in [3.05, 3.63) is 231 Å². The van der Waals surface area contributed by atoms with E-state index in [2.05, 4.69) is 97.7 Å². The van der Waals surface area contributed by atoms with Crippen LogP contribution in [0.4, 0.5) is 11.4 Å². The lowest BCUT2D eigenvalue weighted by Gasteiger charge is -2.32. The highest BCUT2D eigenvalue weighted by Crippen LogP contribution is 2.48. The Labute approximate surface area is 447 Å². The Balaban J connectivity index is 0.715. The lowest BCUT2D eigenvalue weighted by Crippen LogP contribution is -2.41. The molecule has 0 radical (unpaired) electrons. The van der Waals surface area contributed by atoms with Crippen LogP contribution in [0.3, 0.4) is 0 Å². The summed E-state index contributed by atoms with van der Waals surface area (Å²) < 4.78 is 0. The molecule has 0 N–H and O–H groups in total. The van der Waals surface area contributed by atoms with E-state index >= 15 is 0 Å². The first-order chi connectivity index (χ1) is 37.4. The van der Waals surface area contributed by atoms with Gasteiger partial charge in [-0.25, -0.2) is 9.80 Å². The van der Waals surface area contributed by atoms with Crippen molar-refractivity contribution in [2.24, 2.45) is 0 Å². The second-order valence-electron chi connectivity index (χ2n) is 21.4. The molecule has 11 aromatic rings. The van der Waals surface area contributed by atoms with Gasteiger partial charge in [0.1, 0.15) is 0 Å². The fourth-order valence-electron chi connectivity index (χ4n) is 12.8. The van der Waals surface area contributed by atoms with Gasteiger partial charge in [-0.3, -0.25) is 24.2 Å². The van der Waals surface area contributed by atoms with E-state index in [1.807, 2.05) is 113 Å². The third kappa shape index (κ3) is 7.58. The minimum Gasteiger partial charge on any atom is -0.268 e. The number of para-hydroxylation sites is 1. The number of rotatable bonds is 11. The monoisotopic (exact) mass is 1000 g/mol. The molecule has 0 atom stereocenters. The number of imide groups is 2. The minimum absolute atomic E-state index is 0.356. The number of fused-ring (bicyclic) bond motifs is 2. The maximum absolute atomic E-state index is 14.8. The van der Waals surface area contributed by atoms with Crippen LogP contribution in [0.1, 0.15) is 105 Å². The molecule has 4 amide bonds. The average molecular weight is 1000 g/mol. The predicted molar refractivity (Wildman–Crippen MR) is 313 cm³/mol.